The quantitative estimate of drug-likeness (QED) is 0.630. The van der Waals surface area contributed by atoms with Crippen LogP contribution in [0.15, 0.2) is 28.8 Å². The zero-order valence-corrected chi connectivity index (χ0v) is 8.08. The van der Waals surface area contributed by atoms with Crippen LogP contribution in [0, 0.1) is 6.92 Å². The van der Waals surface area contributed by atoms with E-state index in [9.17, 15) is 0 Å². The van der Waals surface area contributed by atoms with Crippen LogP contribution in [0.2, 0.25) is 0 Å². The lowest BCUT2D eigenvalue weighted by Gasteiger charge is -2.13. The molecule has 1 aromatic heterocycles. The zero-order valence-electron chi connectivity index (χ0n) is 8.08. The van der Waals surface area contributed by atoms with Crippen LogP contribution in [0.25, 0.3) is 11.3 Å². The van der Waals surface area contributed by atoms with Crippen molar-refractivity contribution in [1.82, 2.24) is 5.16 Å². The minimum Gasteiger partial charge on any atom is -0.356 e. The Morgan fingerprint density at radius 1 is 1.21 bits per heavy atom. The highest BCUT2D eigenvalue weighted by molar-refractivity contribution is 5.68. The molecule has 0 aliphatic heterocycles. The van der Waals surface area contributed by atoms with E-state index in [1.807, 2.05) is 13.0 Å². The van der Waals surface area contributed by atoms with Crippen molar-refractivity contribution in [3.05, 3.63) is 41.1 Å². The first-order valence-corrected chi connectivity index (χ1v) is 4.89. The third kappa shape index (κ3) is 0.939. The van der Waals surface area contributed by atoms with Crippen molar-refractivity contribution in [3.63, 3.8) is 0 Å². The van der Waals surface area contributed by atoms with Gasteiger partial charge in [0.25, 0.3) is 0 Å². The summed E-state index contributed by atoms with van der Waals surface area (Å²) in [7, 11) is 0. The second kappa shape index (κ2) is 2.71. The second-order valence-corrected chi connectivity index (χ2v) is 3.73. The van der Waals surface area contributed by atoms with Crippen molar-refractivity contribution in [2.24, 2.45) is 0 Å². The number of aromatic nitrogens is 1. The summed E-state index contributed by atoms with van der Waals surface area (Å²) in [4.78, 5) is 0. The van der Waals surface area contributed by atoms with E-state index in [1.54, 1.807) is 0 Å². The molecule has 2 nitrogen and oxygen atoms in total. The first-order chi connectivity index (χ1) is 6.86. The first kappa shape index (κ1) is 7.80. The van der Waals surface area contributed by atoms with Gasteiger partial charge in [0.05, 0.1) is 5.69 Å². The maximum atomic E-state index is 5.36. The molecule has 1 aliphatic rings. The highest BCUT2D eigenvalue weighted by Gasteiger charge is 2.21. The molecule has 0 unspecified atom stereocenters. The molecule has 0 saturated heterocycles. The number of nitrogens with zero attached hydrogens (tertiary/aromatic N) is 1. The Labute approximate surface area is 82.5 Å². The van der Waals surface area contributed by atoms with E-state index in [0.717, 1.165) is 24.3 Å². The molecule has 0 spiro atoms. The molecule has 70 valence electrons. The molecule has 3 rings (SSSR count). The first-order valence-electron chi connectivity index (χ1n) is 4.89. The van der Waals surface area contributed by atoms with Gasteiger partial charge in [-0.05, 0) is 25.3 Å². The van der Waals surface area contributed by atoms with Crippen molar-refractivity contribution in [2.45, 2.75) is 19.8 Å². The molecule has 0 amide bonds. The Bertz CT molecular complexity index is 485. The Morgan fingerprint density at radius 2 is 2.07 bits per heavy atom. The van der Waals surface area contributed by atoms with Crippen LogP contribution in [0.3, 0.4) is 0 Å². The largest absolute Gasteiger partial charge is 0.356 e. The normalized spacial score (nSPS) is 13.5. The lowest BCUT2D eigenvalue weighted by atomic mass is 9.90. The topological polar surface area (TPSA) is 26.0 Å². The van der Waals surface area contributed by atoms with Gasteiger partial charge in [-0.1, -0.05) is 29.4 Å². The SMILES string of the molecule is Cc1noc2c1CCc1ccccc1-2. The van der Waals surface area contributed by atoms with Crippen LogP contribution in [0.1, 0.15) is 16.8 Å². The second-order valence-electron chi connectivity index (χ2n) is 3.73. The molecule has 0 bridgehead atoms. The molecule has 0 atom stereocenters. The standard InChI is InChI=1S/C12H11NO/c1-8-10-7-6-9-4-2-3-5-11(9)12(10)14-13-8/h2-5H,6-7H2,1H3. The smallest absolute Gasteiger partial charge is 0.170 e. The highest BCUT2D eigenvalue weighted by atomic mass is 16.5. The van der Waals surface area contributed by atoms with E-state index in [-0.39, 0.29) is 0 Å². The predicted molar refractivity (Wildman–Crippen MR) is 54.1 cm³/mol. The van der Waals surface area contributed by atoms with E-state index in [2.05, 4.69) is 23.4 Å². The lowest BCUT2D eigenvalue weighted by molar-refractivity contribution is 0.425. The lowest BCUT2D eigenvalue weighted by Crippen LogP contribution is -2.02. The summed E-state index contributed by atoms with van der Waals surface area (Å²) >= 11 is 0. The Morgan fingerprint density at radius 3 is 3.00 bits per heavy atom. The van der Waals surface area contributed by atoms with Gasteiger partial charge >= 0.3 is 0 Å². The Balaban J connectivity index is 2.29. The molecule has 0 N–H and O–H groups in total. The van der Waals surface area contributed by atoms with E-state index in [0.29, 0.717) is 0 Å². The summed E-state index contributed by atoms with van der Waals surface area (Å²) in [5.74, 6) is 0.976. The highest BCUT2D eigenvalue weighted by Crippen LogP contribution is 2.34. The van der Waals surface area contributed by atoms with E-state index < -0.39 is 0 Å². The Hall–Kier alpha value is -1.57. The van der Waals surface area contributed by atoms with E-state index >= 15 is 0 Å². The van der Waals surface area contributed by atoms with Crippen LogP contribution in [0.4, 0.5) is 0 Å². The molecule has 0 radical (unpaired) electrons. The van der Waals surface area contributed by atoms with Crippen molar-refractivity contribution >= 4 is 0 Å². The predicted octanol–water partition coefficient (Wildman–Crippen LogP) is 2.75. The van der Waals surface area contributed by atoms with Gasteiger partial charge in [-0.3, -0.25) is 0 Å². The van der Waals surface area contributed by atoms with Crippen LogP contribution >= 0.6 is 0 Å². The molecule has 2 heteroatoms. The summed E-state index contributed by atoms with van der Waals surface area (Å²) < 4.78 is 5.36. The molecule has 1 aromatic carbocycles. The molecular formula is C12H11NO. The fraction of sp³-hybridized carbons (Fsp3) is 0.250. The molecule has 0 fully saturated rings. The van der Waals surface area contributed by atoms with Gasteiger partial charge in [-0.25, -0.2) is 0 Å². The minimum absolute atomic E-state index is 0.976. The summed E-state index contributed by atoms with van der Waals surface area (Å²) in [6.45, 7) is 2.01. The number of hydrogen-bond donors (Lipinski definition) is 0. The molecule has 1 aliphatic carbocycles. The number of rotatable bonds is 0. The maximum absolute atomic E-state index is 5.36. The molecule has 1 heterocycles. The van der Waals surface area contributed by atoms with Gasteiger partial charge in [0, 0.05) is 11.1 Å². The summed E-state index contributed by atoms with van der Waals surface area (Å²) in [5, 5.41) is 4.02. The van der Waals surface area contributed by atoms with E-state index in [1.165, 1.54) is 16.7 Å². The number of aryl methyl sites for hydroxylation is 2. The molecular weight excluding hydrogens is 174 g/mol. The van der Waals surface area contributed by atoms with Gasteiger partial charge in [-0.2, -0.15) is 0 Å². The fourth-order valence-corrected chi connectivity index (χ4v) is 2.11. The van der Waals surface area contributed by atoms with Gasteiger partial charge in [0.2, 0.25) is 0 Å². The Kier molecular flexibility index (Phi) is 1.51. The van der Waals surface area contributed by atoms with Crippen molar-refractivity contribution in [2.75, 3.05) is 0 Å². The number of benzene rings is 1. The van der Waals surface area contributed by atoms with Crippen molar-refractivity contribution in [3.8, 4) is 11.3 Å². The van der Waals surface area contributed by atoms with Crippen LogP contribution in [0.5, 0.6) is 0 Å². The summed E-state index contributed by atoms with van der Waals surface area (Å²) in [6.07, 6.45) is 2.16. The monoisotopic (exact) mass is 185 g/mol. The zero-order chi connectivity index (χ0) is 9.54. The van der Waals surface area contributed by atoms with Crippen LogP contribution in [-0.2, 0) is 12.8 Å². The average molecular weight is 185 g/mol. The van der Waals surface area contributed by atoms with Crippen LogP contribution in [-0.4, -0.2) is 5.16 Å². The number of fused-ring (bicyclic) bond motifs is 3. The minimum atomic E-state index is 0.976. The molecule has 14 heavy (non-hydrogen) atoms. The summed E-state index contributed by atoms with van der Waals surface area (Å²) in [5.41, 5.74) is 4.91. The third-order valence-corrected chi connectivity index (χ3v) is 2.89. The summed E-state index contributed by atoms with van der Waals surface area (Å²) in [6, 6.07) is 8.40. The van der Waals surface area contributed by atoms with Gasteiger partial charge in [-0.15, -0.1) is 0 Å². The third-order valence-electron chi connectivity index (χ3n) is 2.89. The van der Waals surface area contributed by atoms with Gasteiger partial charge < -0.3 is 4.52 Å². The molecule has 0 saturated carbocycles. The average Bonchev–Trinajstić information content (AvgIpc) is 2.61. The van der Waals surface area contributed by atoms with Crippen molar-refractivity contribution < 1.29 is 4.52 Å². The fourth-order valence-electron chi connectivity index (χ4n) is 2.11. The van der Waals surface area contributed by atoms with Gasteiger partial charge in [0.1, 0.15) is 0 Å². The van der Waals surface area contributed by atoms with E-state index in [4.69, 9.17) is 4.52 Å². The van der Waals surface area contributed by atoms with Crippen LogP contribution < -0.4 is 0 Å². The van der Waals surface area contributed by atoms with Gasteiger partial charge in [0.15, 0.2) is 5.76 Å². The number of hydrogen-bond acceptors (Lipinski definition) is 2. The van der Waals surface area contributed by atoms with Crippen molar-refractivity contribution in [1.29, 1.82) is 0 Å². The molecule has 2 aromatic rings. The maximum Gasteiger partial charge on any atom is 0.170 e.